The molecule has 4 rings (SSSR count). The fourth-order valence-corrected chi connectivity index (χ4v) is 4.93. The highest BCUT2D eigenvalue weighted by Crippen LogP contribution is 2.34. The molecular formula is C24H32N6O. The summed E-state index contributed by atoms with van der Waals surface area (Å²) in [6, 6.07) is 9.87. The van der Waals surface area contributed by atoms with Gasteiger partial charge in [-0.2, -0.15) is 0 Å². The molecule has 1 aromatic carbocycles. The van der Waals surface area contributed by atoms with Crippen molar-refractivity contribution in [3.8, 4) is 28.3 Å². The van der Waals surface area contributed by atoms with E-state index in [9.17, 15) is 5.11 Å². The molecular weight excluding hydrogens is 388 g/mol. The molecule has 0 aliphatic carbocycles. The summed E-state index contributed by atoms with van der Waals surface area (Å²) >= 11 is 0. The van der Waals surface area contributed by atoms with Crippen LogP contribution in [0.3, 0.4) is 0 Å². The average molecular weight is 421 g/mol. The molecule has 1 fully saturated rings. The smallest absolute Gasteiger partial charge is 0.151 e. The maximum atomic E-state index is 10.6. The van der Waals surface area contributed by atoms with Gasteiger partial charge in [0.2, 0.25) is 0 Å². The van der Waals surface area contributed by atoms with E-state index in [2.05, 4.69) is 60.1 Å². The molecule has 3 heterocycles. The Kier molecular flexibility index (Phi) is 5.25. The first kappa shape index (κ1) is 21.3. The molecule has 164 valence electrons. The van der Waals surface area contributed by atoms with Gasteiger partial charge in [-0.25, -0.2) is 4.98 Å². The summed E-state index contributed by atoms with van der Waals surface area (Å²) in [6.45, 7) is 9.01. The number of hydrogen-bond acceptors (Lipinski definition) is 6. The molecule has 7 heteroatoms. The number of imidazole rings is 1. The van der Waals surface area contributed by atoms with E-state index >= 15 is 0 Å². The summed E-state index contributed by atoms with van der Waals surface area (Å²) in [7, 11) is 4.02. The van der Waals surface area contributed by atoms with Crippen LogP contribution < -0.4 is 10.2 Å². The Balaban J connectivity index is 1.55. The zero-order valence-electron chi connectivity index (χ0n) is 19.2. The van der Waals surface area contributed by atoms with Crippen molar-refractivity contribution in [1.29, 1.82) is 0 Å². The van der Waals surface area contributed by atoms with Crippen LogP contribution in [0.15, 0.2) is 42.9 Å². The number of hydrogen-bond donors (Lipinski definition) is 2. The Morgan fingerprint density at radius 2 is 1.77 bits per heavy atom. The van der Waals surface area contributed by atoms with Gasteiger partial charge in [0, 0.05) is 42.3 Å². The van der Waals surface area contributed by atoms with Crippen molar-refractivity contribution in [2.24, 2.45) is 7.05 Å². The summed E-state index contributed by atoms with van der Waals surface area (Å²) in [6.07, 6.45) is 5.59. The van der Waals surface area contributed by atoms with Crippen molar-refractivity contribution >= 4 is 5.82 Å². The van der Waals surface area contributed by atoms with Gasteiger partial charge in [0.05, 0.1) is 23.9 Å². The van der Waals surface area contributed by atoms with E-state index in [0.29, 0.717) is 17.3 Å². The Hall–Kier alpha value is -2.93. The van der Waals surface area contributed by atoms with Crippen LogP contribution in [0.2, 0.25) is 0 Å². The lowest BCUT2D eigenvalue weighted by Crippen LogP contribution is -2.62. The second-order valence-electron chi connectivity index (χ2n) is 9.96. The Morgan fingerprint density at radius 3 is 2.32 bits per heavy atom. The number of aryl methyl sites for hydroxylation is 1. The van der Waals surface area contributed by atoms with Crippen molar-refractivity contribution in [3.63, 3.8) is 0 Å². The lowest BCUT2D eigenvalue weighted by molar-refractivity contribution is 0.160. The molecule has 31 heavy (non-hydrogen) atoms. The minimum Gasteiger partial charge on any atom is -0.507 e. The summed E-state index contributed by atoms with van der Waals surface area (Å²) < 4.78 is 1.92. The molecule has 3 aromatic rings. The van der Waals surface area contributed by atoms with E-state index in [1.165, 1.54) is 0 Å². The molecule has 0 spiro atoms. The Bertz CT molecular complexity index is 1050. The first-order valence-corrected chi connectivity index (χ1v) is 10.7. The Morgan fingerprint density at radius 1 is 1.06 bits per heavy atom. The predicted molar refractivity (Wildman–Crippen MR) is 124 cm³/mol. The first-order valence-electron chi connectivity index (χ1n) is 10.7. The molecule has 1 aliphatic rings. The number of benzene rings is 1. The zero-order chi connectivity index (χ0) is 22.4. The second kappa shape index (κ2) is 7.64. The summed E-state index contributed by atoms with van der Waals surface area (Å²) in [5.74, 6) is 1.02. The van der Waals surface area contributed by atoms with Crippen LogP contribution in [0.4, 0.5) is 5.82 Å². The molecule has 2 N–H and O–H groups in total. The second-order valence-corrected chi connectivity index (χ2v) is 9.96. The first-order chi connectivity index (χ1) is 14.5. The van der Waals surface area contributed by atoms with Gasteiger partial charge < -0.3 is 19.9 Å². The van der Waals surface area contributed by atoms with Gasteiger partial charge in [-0.3, -0.25) is 0 Å². The third kappa shape index (κ3) is 4.42. The normalized spacial score (nSPS) is 18.1. The van der Waals surface area contributed by atoms with Crippen LogP contribution in [0.5, 0.6) is 5.75 Å². The number of phenols is 1. The predicted octanol–water partition coefficient (Wildman–Crippen LogP) is 4.00. The molecule has 0 amide bonds. The third-order valence-corrected chi connectivity index (χ3v) is 6.11. The highest BCUT2D eigenvalue weighted by atomic mass is 16.3. The van der Waals surface area contributed by atoms with Crippen molar-refractivity contribution in [2.45, 2.75) is 57.7 Å². The minimum atomic E-state index is 0.0649. The van der Waals surface area contributed by atoms with E-state index in [0.717, 1.165) is 29.9 Å². The number of phenolic OH excluding ortho intramolecular Hbond substituents is 1. The van der Waals surface area contributed by atoms with Crippen LogP contribution in [-0.4, -0.2) is 49.0 Å². The molecule has 0 unspecified atom stereocenters. The Labute approximate surface area is 184 Å². The molecule has 1 aliphatic heterocycles. The zero-order valence-corrected chi connectivity index (χ0v) is 19.2. The summed E-state index contributed by atoms with van der Waals surface area (Å²) in [5.41, 5.74) is 3.29. The largest absolute Gasteiger partial charge is 0.507 e. The third-order valence-electron chi connectivity index (χ3n) is 6.11. The number of anilines is 1. The SMILES string of the molecule is CN(c1ccc(-c2ccc(-c3cncn3C)cc2O)nn1)C1CC(C)(C)NC(C)(C)C1. The lowest BCUT2D eigenvalue weighted by atomic mass is 9.79. The molecule has 1 saturated heterocycles. The number of aromatic nitrogens is 4. The van der Waals surface area contributed by atoms with Gasteiger partial charge in [0.25, 0.3) is 0 Å². The van der Waals surface area contributed by atoms with Crippen molar-refractivity contribution in [1.82, 2.24) is 25.1 Å². The maximum absolute atomic E-state index is 10.6. The van der Waals surface area contributed by atoms with E-state index in [1.54, 1.807) is 18.6 Å². The highest BCUT2D eigenvalue weighted by molar-refractivity contribution is 5.73. The van der Waals surface area contributed by atoms with E-state index in [1.807, 2.05) is 35.9 Å². The van der Waals surface area contributed by atoms with Gasteiger partial charge in [-0.1, -0.05) is 6.07 Å². The van der Waals surface area contributed by atoms with Gasteiger partial charge in [-0.05, 0) is 64.8 Å². The molecule has 0 radical (unpaired) electrons. The maximum Gasteiger partial charge on any atom is 0.151 e. The van der Waals surface area contributed by atoms with Crippen LogP contribution in [0.1, 0.15) is 40.5 Å². The number of nitrogens with one attached hydrogen (secondary N) is 1. The van der Waals surface area contributed by atoms with Gasteiger partial charge >= 0.3 is 0 Å². The number of nitrogens with zero attached hydrogens (tertiary/aromatic N) is 5. The van der Waals surface area contributed by atoms with Gasteiger partial charge in [0.1, 0.15) is 5.75 Å². The standard InChI is InChI=1S/C24H32N6O/c1-23(2)12-17(13-24(3,4)28-23)30(6)22-10-9-19(26-27-22)18-8-7-16(11-21(18)31)20-14-25-15-29(20)5/h7-11,14-15,17,28,31H,12-13H2,1-6H3. The van der Waals surface area contributed by atoms with Crippen molar-refractivity contribution < 1.29 is 5.11 Å². The van der Waals surface area contributed by atoms with Crippen LogP contribution in [0, 0.1) is 0 Å². The number of rotatable bonds is 4. The molecule has 0 saturated carbocycles. The topological polar surface area (TPSA) is 79.1 Å². The quantitative estimate of drug-likeness (QED) is 0.664. The van der Waals surface area contributed by atoms with Crippen LogP contribution in [0.25, 0.3) is 22.5 Å². The van der Waals surface area contributed by atoms with E-state index in [4.69, 9.17) is 0 Å². The summed E-state index contributed by atoms with van der Waals surface area (Å²) in [4.78, 5) is 6.37. The minimum absolute atomic E-state index is 0.0649. The number of aromatic hydroxyl groups is 1. The number of piperidine rings is 1. The molecule has 7 nitrogen and oxygen atoms in total. The monoisotopic (exact) mass is 420 g/mol. The molecule has 0 bridgehead atoms. The fourth-order valence-electron chi connectivity index (χ4n) is 4.93. The molecule has 2 aromatic heterocycles. The van der Waals surface area contributed by atoms with Crippen LogP contribution >= 0.6 is 0 Å². The van der Waals surface area contributed by atoms with Crippen molar-refractivity contribution in [2.75, 3.05) is 11.9 Å². The fraction of sp³-hybridized carbons (Fsp3) is 0.458. The highest BCUT2D eigenvalue weighted by Gasteiger charge is 2.39. The lowest BCUT2D eigenvalue weighted by Gasteiger charge is -2.49. The molecule has 0 atom stereocenters. The van der Waals surface area contributed by atoms with Crippen molar-refractivity contribution in [3.05, 3.63) is 42.9 Å². The van der Waals surface area contributed by atoms with Crippen LogP contribution in [-0.2, 0) is 7.05 Å². The van der Waals surface area contributed by atoms with E-state index in [-0.39, 0.29) is 16.8 Å². The van der Waals surface area contributed by atoms with Gasteiger partial charge in [0.15, 0.2) is 5.82 Å². The summed E-state index contributed by atoms with van der Waals surface area (Å²) in [5, 5.41) is 23.3. The average Bonchev–Trinajstić information content (AvgIpc) is 3.11. The van der Waals surface area contributed by atoms with E-state index < -0.39 is 0 Å². The van der Waals surface area contributed by atoms with Gasteiger partial charge in [-0.15, -0.1) is 10.2 Å².